The van der Waals surface area contributed by atoms with Crippen molar-refractivity contribution in [2.75, 3.05) is 30.0 Å². The molecule has 1 aliphatic rings. The normalized spacial score (nSPS) is 13.4. The summed E-state index contributed by atoms with van der Waals surface area (Å²) in [6.07, 6.45) is 0.754. The molecule has 1 aliphatic heterocycles. The summed E-state index contributed by atoms with van der Waals surface area (Å²) in [6, 6.07) is 16.1. The molecule has 0 aliphatic carbocycles. The van der Waals surface area contributed by atoms with Crippen LogP contribution in [0.3, 0.4) is 0 Å². The van der Waals surface area contributed by atoms with Gasteiger partial charge in [0.15, 0.2) is 0 Å². The highest BCUT2D eigenvalue weighted by molar-refractivity contribution is 5.88. The van der Waals surface area contributed by atoms with Gasteiger partial charge in [0.05, 0.1) is 17.6 Å². The fourth-order valence-electron chi connectivity index (χ4n) is 3.99. The number of benzene rings is 2. The van der Waals surface area contributed by atoms with Crippen molar-refractivity contribution >= 4 is 28.9 Å². The van der Waals surface area contributed by atoms with Crippen molar-refractivity contribution in [3.8, 4) is 16.9 Å². The highest BCUT2D eigenvalue weighted by Crippen LogP contribution is 2.32. The number of nitrogens with zero attached hydrogens (tertiary/aromatic N) is 4. The lowest BCUT2D eigenvalue weighted by Gasteiger charge is -2.22. The summed E-state index contributed by atoms with van der Waals surface area (Å²) in [5.41, 5.74) is 5.80. The Morgan fingerprint density at radius 1 is 1.19 bits per heavy atom. The lowest BCUT2D eigenvalue weighted by molar-refractivity contribution is 0.203. The van der Waals surface area contributed by atoms with Crippen LogP contribution in [0, 0.1) is 6.92 Å². The Bertz CT molecular complexity index is 1320. The zero-order valence-corrected chi connectivity index (χ0v) is 17.9. The maximum Gasteiger partial charge on any atom is 0.413 e. The standard InChI is InChI=1S/C24H23N5O3/c1-15-4-3-9-25-22(15)29-10-11-32-21-8-6-16(12-18(21)14-29)17-5-7-19-20(13-17)27-23(26-19)28(2)24(30)31/h3-9,12-13H,10-11,14H2,1-2H3,(H,26,27)(H,30,31). The third kappa shape index (κ3) is 3.60. The van der Waals surface area contributed by atoms with Crippen molar-refractivity contribution in [3.63, 3.8) is 0 Å². The molecule has 0 saturated heterocycles. The van der Waals surface area contributed by atoms with Crippen molar-refractivity contribution in [2.45, 2.75) is 13.5 Å². The van der Waals surface area contributed by atoms with Crippen LogP contribution in [0.15, 0.2) is 54.7 Å². The number of hydrogen-bond acceptors (Lipinski definition) is 5. The van der Waals surface area contributed by atoms with Gasteiger partial charge in [0.25, 0.3) is 0 Å². The minimum atomic E-state index is -1.07. The van der Waals surface area contributed by atoms with E-state index in [0.29, 0.717) is 24.6 Å². The molecule has 0 fully saturated rings. The average Bonchev–Trinajstić information content (AvgIpc) is 3.10. The first kappa shape index (κ1) is 19.9. The van der Waals surface area contributed by atoms with E-state index in [0.717, 1.165) is 50.8 Å². The van der Waals surface area contributed by atoms with Gasteiger partial charge in [-0.25, -0.2) is 14.8 Å². The molecule has 162 valence electrons. The summed E-state index contributed by atoms with van der Waals surface area (Å²) >= 11 is 0. The number of aryl methyl sites for hydroxylation is 1. The van der Waals surface area contributed by atoms with Crippen LogP contribution < -0.4 is 14.5 Å². The zero-order chi connectivity index (χ0) is 22.2. The SMILES string of the molecule is Cc1cccnc1N1CCOc2ccc(-c3ccc4nc(N(C)C(=O)O)[nH]c4c3)cc2C1. The number of aromatic amines is 1. The number of carbonyl (C=O) groups is 1. The molecule has 2 aromatic heterocycles. The molecule has 5 rings (SSSR count). The second-order valence-corrected chi connectivity index (χ2v) is 7.87. The number of ether oxygens (including phenoxy) is 1. The van der Waals surface area contributed by atoms with E-state index in [4.69, 9.17) is 4.74 Å². The van der Waals surface area contributed by atoms with Crippen LogP contribution >= 0.6 is 0 Å². The van der Waals surface area contributed by atoms with Gasteiger partial charge < -0.3 is 19.7 Å². The molecule has 3 heterocycles. The van der Waals surface area contributed by atoms with E-state index >= 15 is 0 Å². The van der Waals surface area contributed by atoms with E-state index < -0.39 is 6.09 Å². The Morgan fingerprint density at radius 2 is 2.00 bits per heavy atom. The molecular weight excluding hydrogens is 406 g/mol. The Hall–Kier alpha value is -4.07. The monoisotopic (exact) mass is 429 g/mol. The zero-order valence-electron chi connectivity index (χ0n) is 17.9. The number of carboxylic acid groups (broad SMARTS) is 1. The van der Waals surface area contributed by atoms with Gasteiger partial charge in [0.1, 0.15) is 18.2 Å². The number of amides is 1. The van der Waals surface area contributed by atoms with Crippen molar-refractivity contribution in [3.05, 3.63) is 65.9 Å². The minimum Gasteiger partial charge on any atom is -0.491 e. The minimum absolute atomic E-state index is 0.293. The maximum atomic E-state index is 11.2. The number of aromatic nitrogens is 3. The van der Waals surface area contributed by atoms with E-state index in [1.165, 1.54) is 7.05 Å². The molecule has 2 N–H and O–H groups in total. The van der Waals surface area contributed by atoms with Crippen LogP contribution in [0.4, 0.5) is 16.6 Å². The van der Waals surface area contributed by atoms with Crippen molar-refractivity contribution < 1.29 is 14.6 Å². The number of anilines is 2. The van der Waals surface area contributed by atoms with Gasteiger partial charge in [-0.2, -0.15) is 0 Å². The van der Waals surface area contributed by atoms with E-state index in [-0.39, 0.29) is 0 Å². The maximum absolute atomic E-state index is 11.2. The lowest BCUT2D eigenvalue weighted by atomic mass is 10.0. The van der Waals surface area contributed by atoms with E-state index in [2.05, 4.69) is 38.9 Å². The Morgan fingerprint density at radius 3 is 2.81 bits per heavy atom. The highest BCUT2D eigenvalue weighted by Gasteiger charge is 2.19. The molecule has 2 aromatic carbocycles. The second kappa shape index (κ2) is 7.88. The van der Waals surface area contributed by atoms with E-state index in [9.17, 15) is 9.90 Å². The molecule has 0 saturated carbocycles. The number of fused-ring (bicyclic) bond motifs is 2. The highest BCUT2D eigenvalue weighted by atomic mass is 16.5. The van der Waals surface area contributed by atoms with Crippen LogP contribution in [-0.2, 0) is 6.54 Å². The number of H-pyrrole nitrogens is 1. The third-order valence-electron chi connectivity index (χ3n) is 5.73. The molecule has 0 radical (unpaired) electrons. The van der Waals surface area contributed by atoms with Gasteiger partial charge >= 0.3 is 6.09 Å². The summed E-state index contributed by atoms with van der Waals surface area (Å²) in [4.78, 5) is 26.6. The summed E-state index contributed by atoms with van der Waals surface area (Å²) in [6.45, 7) is 4.14. The molecule has 8 nitrogen and oxygen atoms in total. The predicted octanol–water partition coefficient (Wildman–Crippen LogP) is 4.45. The fourth-order valence-corrected chi connectivity index (χ4v) is 3.99. The van der Waals surface area contributed by atoms with E-state index in [1.54, 1.807) is 0 Å². The summed E-state index contributed by atoms with van der Waals surface area (Å²) < 4.78 is 6.01. The van der Waals surface area contributed by atoms with Crippen LogP contribution in [0.1, 0.15) is 11.1 Å². The first-order valence-corrected chi connectivity index (χ1v) is 10.4. The molecule has 32 heavy (non-hydrogen) atoms. The first-order valence-electron chi connectivity index (χ1n) is 10.4. The van der Waals surface area contributed by atoms with Crippen LogP contribution in [0.25, 0.3) is 22.2 Å². The molecule has 1 amide bonds. The summed E-state index contributed by atoms with van der Waals surface area (Å²) in [5.74, 6) is 2.16. The van der Waals surface area contributed by atoms with Crippen LogP contribution in [0.2, 0.25) is 0 Å². The first-order chi connectivity index (χ1) is 15.5. The molecular formula is C24H23N5O3. The largest absolute Gasteiger partial charge is 0.491 e. The Kier molecular flexibility index (Phi) is 4.89. The predicted molar refractivity (Wildman–Crippen MR) is 123 cm³/mol. The Balaban J connectivity index is 1.49. The number of rotatable bonds is 3. The second-order valence-electron chi connectivity index (χ2n) is 7.87. The van der Waals surface area contributed by atoms with Gasteiger partial charge in [0, 0.05) is 25.4 Å². The third-order valence-corrected chi connectivity index (χ3v) is 5.73. The summed E-state index contributed by atoms with van der Waals surface area (Å²) in [7, 11) is 1.46. The Labute approximate surface area is 185 Å². The molecule has 0 unspecified atom stereocenters. The fraction of sp³-hybridized carbons (Fsp3) is 0.208. The van der Waals surface area contributed by atoms with Crippen LogP contribution in [0.5, 0.6) is 5.75 Å². The molecule has 4 aromatic rings. The smallest absolute Gasteiger partial charge is 0.413 e. The molecule has 8 heteroatoms. The number of imidazole rings is 1. The topological polar surface area (TPSA) is 94.6 Å². The molecule has 0 bridgehead atoms. The van der Waals surface area contributed by atoms with Crippen molar-refractivity contribution in [1.82, 2.24) is 15.0 Å². The quantitative estimate of drug-likeness (QED) is 0.500. The molecule has 0 atom stereocenters. The number of pyridine rings is 1. The van der Waals surface area contributed by atoms with Gasteiger partial charge in [-0.1, -0.05) is 18.2 Å². The number of nitrogens with one attached hydrogen (secondary N) is 1. The summed E-state index contributed by atoms with van der Waals surface area (Å²) in [5, 5.41) is 9.20. The van der Waals surface area contributed by atoms with Gasteiger partial charge in [0.2, 0.25) is 5.95 Å². The van der Waals surface area contributed by atoms with Gasteiger partial charge in [-0.05, 0) is 53.9 Å². The van der Waals surface area contributed by atoms with Gasteiger partial charge in [-0.3, -0.25) is 4.90 Å². The average molecular weight is 429 g/mol. The van der Waals surface area contributed by atoms with Crippen molar-refractivity contribution in [2.24, 2.45) is 0 Å². The number of hydrogen-bond donors (Lipinski definition) is 2. The van der Waals surface area contributed by atoms with Gasteiger partial charge in [-0.15, -0.1) is 0 Å². The van der Waals surface area contributed by atoms with E-state index in [1.807, 2.05) is 42.6 Å². The van der Waals surface area contributed by atoms with Crippen LogP contribution in [-0.4, -0.2) is 46.4 Å². The lowest BCUT2D eigenvalue weighted by Crippen LogP contribution is -2.26. The van der Waals surface area contributed by atoms with Crippen molar-refractivity contribution in [1.29, 1.82) is 0 Å². The molecule has 0 spiro atoms.